The van der Waals surface area contributed by atoms with Gasteiger partial charge in [-0.05, 0) is 111 Å². The number of ether oxygens (including phenoxy) is 3. The van der Waals surface area contributed by atoms with Crippen LogP contribution in [0.3, 0.4) is 0 Å². The van der Waals surface area contributed by atoms with Crippen molar-refractivity contribution in [3.8, 4) is 5.75 Å². The molecule has 4 aromatic rings. The molecule has 0 spiro atoms. The number of aromatic nitrogens is 3. The third-order valence-electron chi connectivity index (χ3n) is 12.0. The Labute approximate surface area is 320 Å². The maximum Gasteiger partial charge on any atom is 0.224 e. The number of rotatable bonds is 13. The lowest BCUT2D eigenvalue weighted by Gasteiger charge is -2.44. The first-order chi connectivity index (χ1) is 25.7. The molecule has 1 amide bonds. The second-order valence-corrected chi connectivity index (χ2v) is 17.2. The fraction of sp³-hybridized carbons (Fsp3) is 0.558. The number of methoxy groups -OCH3 is 1. The van der Waals surface area contributed by atoms with E-state index in [0.29, 0.717) is 42.2 Å². The number of fused-ring (bicyclic) bond motifs is 2. The number of nitrogens with one attached hydrogen (secondary N) is 2. The molecule has 3 fully saturated rings. The number of hydrogen-bond acceptors (Lipinski definition) is 9. The highest BCUT2D eigenvalue weighted by Gasteiger charge is 2.55. The monoisotopic (exact) mass is 737 g/mol. The van der Waals surface area contributed by atoms with Gasteiger partial charge in [0.1, 0.15) is 29.6 Å². The van der Waals surface area contributed by atoms with Gasteiger partial charge in [0.05, 0.1) is 36.0 Å². The SMILES string of the molecule is CCN(C[C@H]1C[C@@H](n2ccc3c(NCc4ccc(OC)cc4C)ncnc32)[C@@H]2OC(C)(C)O[C@H]12)C1CC(CCC(=O)Nc2ccc(C(C)(C)C)cc2N)C1. The molecule has 11 heteroatoms. The Hall–Kier alpha value is -4.19. The van der Waals surface area contributed by atoms with Gasteiger partial charge in [-0.1, -0.05) is 39.8 Å². The molecule has 0 radical (unpaired) electrons. The van der Waals surface area contributed by atoms with Crippen LogP contribution in [0, 0.1) is 18.8 Å². The number of nitrogen functional groups attached to an aromatic ring is 1. The predicted molar refractivity (Wildman–Crippen MR) is 215 cm³/mol. The smallest absolute Gasteiger partial charge is 0.224 e. The van der Waals surface area contributed by atoms with E-state index in [1.807, 2.05) is 32.0 Å². The van der Waals surface area contributed by atoms with Crippen molar-refractivity contribution in [1.29, 1.82) is 0 Å². The zero-order valence-electron chi connectivity index (χ0n) is 33.3. The summed E-state index contributed by atoms with van der Waals surface area (Å²) in [4.78, 5) is 24.9. The summed E-state index contributed by atoms with van der Waals surface area (Å²) >= 11 is 0. The fourth-order valence-corrected chi connectivity index (χ4v) is 8.82. The number of hydrogen-bond donors (Lipinski definition) is 3. The molecule has 1 saturated heterocycles. The van der Waals surface area contributed by atoms with Crippen molar-refractivity contribution in [2.24, 2.45) is 11.8 Å². The molecule has 11 nitrogen and oxygen atoms in total. The maximum atomic E-state index is 12.9. The highest BCUT2D eigenvalue weighted by Crippen LogP contribution is 2.49. The lowest BCUT2D eigenvalue weighted by molar-refractivity contribution is -0.161. The molecule has 0 unspecified atom stereocenters. The van der Waals surface area contributed by atoms with Gasteiger partial charge >= 0.3 is 0 Å². The normalized spacial score (nSPS) is 24.8. The van der Waals surface area contributed by atoms with Crippen molar-refractivity contribution in [2.45, 2.75) is 123 Å². The Kier molecular flexibility index (Phi) is 10.7. The summed E-state index contributed by atoms with van der Waals surface area (Å²) in [5, 5.41) is 7.59. The van der Waals surface area contributed by atoms with Gasteiger partial charge in [-0.25, -0.2) is 9.97 Å². The molecule has 0 bridgehead atoms. The number of nitrogens with two attached hydrogens (primary N) is 1. The van der Waals surface area contributed by atoms with E-state index in [-0.39, 0.29) is 29.6 Å². The Morgan fingerprint density at radius 1 is 1.07 bits per heavy atom. The average molecular weight is 738 g/mol. The van der Waals surface area contributed by atoms with Gasteiger partial charge < -0.3 is 40.0 Å². The molecule has 7 rings (SSSR count). The summed E-state index contributed by atoms with van der Waals surface area (Å²) in [5.74, 6) is 1.92. The van der Waals surface area contributed by atoms with Crippen LogP contribution in [0.15, 0.2) is 55.0 Å². The number of carbonyl (C=O) groups is 1. The van der Waals surface area contributed by atoms with Gasteiger partial charge in [-0.3, -0.25) is 4.79 Å². The van der Waals surface area contributed by atoms with Crippen LogP contribution >= 0.6 is 0 Å². The number of nitrogens with zero attached hydrogens (tertiary/aromatic N) is 4. The van der Waals surface area contributed by atoms with Crippen molar-refractivity contribution in [3.05, 3.63) is 71.7 Å². The number of benzene rings is 2. The third-order valence-corrected chi connectivity index (χ3v) is 12.0. The van der Waals surface area contributed by atoms with E-state index in [4.69, 9.17) is 24.9 Å². The molecule has 2 aliphatic carbocycles. The maximum absolute atomic E-state index is 12.9. The lowest BCUT2D eigenvalue weighted by Crippen LogP contribution is -2.48. The highest BCUT2D eigenvalue weighted by atomic mass is 16.8. The van der Waals surface area contributed by atoms with Gasteiger partial charge in [0.2, 0.25) is 5.91 Å². The van der Waals surface area contributed by atoms with Crippen LogP contribution in [-0.2, 0) is 26.2 Å². The van der Waals surface area contributed by atoms with Crippen LogP contribution in [0.4, 0.5) is 17.2 Å². The summed E-state index contributed by atoms with van der Waals surface area (Å²) in [6.07, 6.45) is 8.28. The first kappa shape index (κ1) is 38.1. The van der Waals surface area contributed by atoms with Crippen molar-refractivity contribution in [2.75, 3.05) is 36.6 Å². The molecule has 2 saturated carbocycles. The van der Waals surface area contributed by atoms with Crippen molar-refractivity contribution < 1.29 is 19.0 Å². The molecule has 290 valence electrons. The number of carbonyl (C=O) groups excluding carboxylic acids is 1. The molecule has 1 aliphatic heterocycles. The molecule has 3 aliphatic rings. The summed E-state index contributed by atoms with van der Waals surface area (Å²) in [5.41, 5.74) is 12.0. The van der Waals surface area contributed by atoms with Gasteiger partial charge in [0.25, 0.3) is 0 Å². The largest absolute Gasteiger partial charge is 0.497 e. The zero-order chi connectivity index (χ0) is 38.4. The van der Waals surface area contributed by atoms with E-state index in [2.05, 4.69) is 90.2 Å². The standard InChI is InChI=1S/C43H59N7O4/c1-9-49(31-19-27(20-31)10-15-37(51)48-35-14-12-30(22-34(35)44)42(3,4)5)24-29-21-36(39-38(29)53-43(6,7)54-39)50-17-16-33-40(46-25-47-41(33)50)45-23-28-11-13-32(52-8)18-26(28)2/h11-14,16-18,22,25,27,29,31,36,38-39H,9-10,15,19-21,23-24,44H2,1-8H3,(H,48,51)(H,45,46,47)/t27?,29-,31?,36-,38-,39+/m1/s1. The topological polar surface area (TPSA) is 129 Å². The second-order valence-electron chi connectivity index (χ2n) is 17.2. The van der Waals surface area contributed by atoms with E-state index < -0.39 is 5.79 Å². The van der Waals surface area contributed by atoms with E-state index in [0.717, 1.165) is 66.9 Å². The minimum Gasteiger partial charge on any atom is -0.497 e. The van der Waals surface area contributed by atoms with E-state index in [9.17, 15) is 4.79 Å². The Morgan fingerprint density at radius 2 is 1.85 bits per heavy atom. The van der Waals surface area contributed by atoms with Crippen LogP contribution in [0.25, 0.3) is 11.0 Å². The van der Waals surface area contributed by atoms with E-state index in [1.165, 1.54) is 11.1 Å². The molecule has 4 atom stereocenters. The molecule has 2 aromatic carbocycles. The Balaban J connectivity index is 0.964. The van der Waals surface area contributed by atoms with Gasteiger partial charge in [0, 0.05) is 37.7 Å². The van der Waals surface area contributed by atoms with Crippen molar-refractivity contribution in [3.63, 3.8) is 0 Å². The fourth-order valence-electron chi connectivity index (χ4n) is 8.82. The van der Waals surface area contributed by atoms with Crippen LogP contribution in [-0.4, -0.2) is 69.6 Å². The lowest BCUT2D eigenvalue weighted by atomic mass is 9.76. The first-order valence-electron chi connectivity index (χ1n) is 19.7. The molecule has 2 aromatic heterocycles. The number of amides is 1. The molecule has 4 N–H and O–H groups in total. The molecule has 54 heavy (non-hydrogen) atoms. The van der Waals surface area contributed by atoms with Gasteiger partial charge in [-0.2, -0.15) is 0 Å². The minimum atomic E-state index is -0.647. The summed E-state index contributed by atoms with van der Waals surface area (Å²) in [7, 11) is 1.69. The summed E-state index contributed by atoms with van der Waals surface area (Å²) in [6.45, 7) is 17.5. The van der Waals surface area contributed by atoms with Crippen molar-refractivity contribution >= 4 is 34.1 Å². The van der Waals surface area contributed by atoms with Crippen LogP contribution in [0.5, 0.6) is 5.75 Å². The van der Waals surface area contributed by atoms with E-state index >= 15 is 0 Å². The number of aryl methyl sites for hydroxylation is 1. The van der Waals surface area contributed by atoms with Crippen LogP contribution in [0.1, 0.15) is 96.4 Å². The second kappa shape index (κ2) is 15.2. The predicted octanol–water partition coefficient (Wildman–Crippen LogP) is 7.84. The van der Waals surface area contributed by atoms with Crippen LogP contribution < -0.4 is 21.1 Å². The average Bonchev–Trinajstić information content (AvgIpc) is 3.77. The summed E-state index contributed by atoms with van der Waals surface area (Å²) < 4.78 is 20.9. The Morgan fingerprint density at radius 3 is 2.56 bits per heavy atom. The molecular weight excluding hydrogens is 679 g/mol. The molecule has 3 heterocycles. The van der Waals surface area contributed by atoms with Crippen molar-refractivity contribution in [1.82, 2.24) is 19.4 Å². The van der Waals surface area contributed by atoms with E-state index in [1.54, 1.807) is 13.4 Å². The summed E-state index contributed by atoms with van der Waals surface area (Å²) in [6, 6.07) is 14.8. The zero-order valence-corrected chi connectivity index (χ0v) is 33.3. The van der Waals surface area contributed by atoms with Gasteiger partial charge in [-0.15, -0.1) is 0 Å². The van der Waals surface area contributed by atoms with Crippen LogP contribution in [0.2, 0.25) is 0 Å². The quantitative estimate of drug-likeness (QED) is 0.118. The van der Waals surface area contributed by atoms with Gasteiger partial charge in [0.15, 0.2) is 5.79 Å². The Bertz CT molecular complexity index is 1960. The molecular formula is C43H59N7O4. The highest BCUT2D eigenvalue weighted by molar-refractivity contribution is 5.94. The minimum absolute atomic E-state index is 0.00144. The first-order valence-corrected chi connectivity index (χ1v) is 19.7. The third kappa shape index (κ3) is 7.95. The number of anilines is 3.